The maximum Gasteiger partial charge on any atom is 0.132 e. The number of nitrogens with one attached hydrogen (secondary N) is 1. The number of aliphatic hydroxyl groups excluding tert-OH is 2. The van der Waals surface area contributed by atoms with Crippen LogP contribution in [0.3, 0.4) is 0 Å². The van der Waals surface area contributed by atoms with E-state index in [0.29, 0.717) is 12.3 Å². The summed E-state index contributed by atoms with van der Waals surface area (Å²) in [6.07, 6.45) is 25.4. The van der Waals surface area contributed by atoms with E-state index in [-0.39, 0.29) is 6.61 Å². The zero-order chi connectivity index (χ0) is 22.8. The minimum absolute atomic E-state index is 0.164. The van der Waals surface area contributed by atoms with E-state index in [1.54, 1.807) is 0 Å². The number of rotatable bonds is 26. The van der Waals surface area contributed by atoms with Gasteiger partial charge in [-0.15, -0.1) is 0 Å². The van der Waals surface area contributed by atoms with E-state index in [9.17, 15) is 9.90 Å². The molecule has 4 heteroatoms. The summed E-state index contributed by atoms with van der Waals surface area (Å²) in [6.45, 7) is 3.51. The first-order chi connectivity index (χ1) is 15.2. The van der Waals surface area contributed by atoms with Gasteiger partial charge < -0.3 is 15.5 Å². The van der Waals surface area contributed by atoms with Gasteiger partial charge in [0.2, 0.25) is 0 Å². The molecular formula is C27H55NO3. The molecule has 4 nitrogen and oxygen atoms in total. The molecule has 0 bridgehead atoms. The minimum atomic E-state index is -0.627. The largest absolute Gasteiger partial charge is 0.394 e. The number of carbonyl (C=O) groups excluding carboxylic acids is 1. The van der Waals surface area contributed by atoms with Gasteiger partial charge in [-0.1, -0.05) is 110 Å². The van der Waals surface area contributed by atoms with Crippen LogP contribution in [0.1, 0.15) is 142 Å². The third-order valence-electron chi connectivity index (χ3n) is 6.21. The van der Waals surface area contributed by atoms with Crippen LogP contribution in [0.4, 0.5) is 0 Å². The van der Waals surface area contributed by atoms with E-state index in [4.69, 9.17) is 5.11 Å². The first-order valence-electron chi connectivity index (χ1n) is 13.7. The standard InChI is InChI=1S/C27H55NO3/c1-2-3-4-5-6-9-12-15-18-21-26(30)22-19-16-13-10-7-8-11-14-17-20-23-28-24-27(31)25-29/h27-29,31H,2-25H2,1H3. The van der Waals surface area contributed by atoms with Crippen molar-refractivity contribution in [2.24, 2.45) is 0 Å². The van der Waals surface area contributed by atoms with Crippen LogP contribution >= 0.6 is 0 Å². The Hall–Kier alpha value is -0.450. The highest BCUT2D eigenvalue weighted by Gasteiger charge is 2.02. The predicted molar refractivity (Wildman–Crippen MR) is 134 cm³/mol. The molecule has 1 unspecified atom stereocenters. The second kappa shape index (κ2) is 25.8. The van der Waals surface area contributed by atoms with Gasteiger partial charge in [-0.25, -0.2) is 0 Å². The summed E-state index contributed by atoms with van der Waals surface area (Å²) in [5.41, 5.74) is 0. The first kappa shape index (κ1) is 30.6. The van der Waals surface area contributed by atoms with E-state index in [0.717, 1.165) is 38.6 Å². The molecule has 186 valence electrons. The second-order valence-electron chi connectivity index (χ2n) is 9.44. The predicted octanol–water partition coefficient (Wildman–Crippen LogP) is 6.71. The van der Waals surface area contributed by atoms with Gasteiger partial charge >= 0.3 is 0 Å². The maximum atomic E-state index is 12.0. The Balaban J connectivity index is 3.15. The van der Waals surface area contributed by atoms with Crippen LogP contribution < -0.4 is 5.32 Å². The van der Waals surface area contributed by atoms with E-state index < -0.39 is 6.10 Å². The molecule has 0 aliphatic rings. The average molecular weight is 442 g/mol. The summed E-state index contributed by atoms with van der Waals surface area (Å²) in [5.74, 6) is 0.489. The molecule has 0 aromatic heterocycles. The molecule has 0 aromatic carbocycles. The van der Waals surface area contributed by atoms with Gasteiger partial charge in [0.15, 0.2) is 0 Å². The average Bonchev–Trinajstić information content (AvgIpc) is 2.77. The van der Waals surface area contributed by atoms with Crippen molar-refractivity contribution in [2.75, 3.05) is 19.7 Å². The number of hydrogen-bond donors (Lipinski definition) is 3. The molecule has 0 saturated heterocycles. The van der Waals surface area contributed by atoms with Crippen LogP contribution in [-0.2, 0) is 4.79 Å². The highest BCUT2D eigenvalue weighted by atomic mass is 16.3. The van der Waals surface area contributed by atoms with Crippen molar-refractivity contribution in [3.63, 3.8) is 0 Å². The number of unbranched alkanes of at least 4 members (excludes halogenated alkanes) is 17. The van der Waals surface area contributed by atoms with Crippen molar-refractivity contribution in [3.8, 4) is 0 Å². The zero-order valence-corrected chi connectivity index (χ0v) is 20.9. The Morgan fingerprint density at radius 1 is 0.645 bits per heavy atom. The van der Waals surface area contributed by atoms with Gasteiger partial charge in [0.05, 0.1) is 12.7 Å². The summed E-state index contributed by atoms with van der Waals surface area (Å²) < 4.78 is 0. The fourth-order valence-electron chi connectivity index (χ4n) is 4.08. The van der Waals surface area contributed by atoms with Gasteiger partial charge in [0.1, 0.15) is 5.78 Å². The molecule has 1 atom stereocenters. The van der Waals surface area contributed by atoms with Crippen molar-refractivity contribution < 1.29 is 15.0 Å². The quantitative estimate of drug-likeness (QED) is 0.130. The molecule has 0 aliphatic heterocycles. The van der Waals surface area contributed by atoms with Gasteiger partial charge in [0.25, 0.3) is 0 Å². The SMILES string of the molecule is CCCCCCCCCCCC(=O)CCCCCCCCCCCCNCC(O)CO. The summed E-state index contributed by atoms with van der Waals surface area (Å²) >= 11 is 0. The fraction of sp³-hybridized carbons (Fsp3) is 0.963. The lowest BCUT2D eigenvalue weighted by Crippen LogP contribution is -2.29. The van der Waals surface area contributed by atoms with Crippen molar-refractivity contribution in [3.05, 3.63) is 0 Å². The normalized spacial score (nSPS) is 12.4. The summed E-state index contributed by atoms with van der Waals surface area (Å²) in [4.78, 5) is 12.0. The third-order valence-corrected chi connectivity index (χ3v) is 6.21. The van der Waals surface area contributed by atoms with Gasteiger partial charge in [-0.2, -0.15) is 0 Å². The molecule has 0 fully saturated rings. The molecule has 31 heavy (non-hydrogen) atoms. The fourth-order valence-corrected chi connectivity index (χ4v) is 4.08. The van der Waals surface area contributed by atoms with Crippen LogP contribution in [0.25, 0.3) is 0 Å². The third kappa shape index (κ3) is 25.7. The van der Waals surface area contributed by atoms with Crippen LogP contribution in [0, 0.1) is 0 Å². The molecule has 0 rings (SSSR count). The first-order valence-corrected chi connectivity index (χ1v) is 13.7. The number of Topliss-reactive ketones (excluding diaryl/α,β-unsaturated/α-hetero) is 1. The number of ketones is 1. The molecule has 3 N–H and O–H groups in total. The summed E-state index contributed by atoms with van der Waals surface area (Å²) in [6, 6.07) is 0. The van der Waals surface area contributed by atoms with Crippen LogP contribution in [0.5, 0.6) is 0 Å². The number of carbonyl (C=O) groups is 1. The van der Waals surface area contributed by atoms with Gasteiger partial charge in [-0.3, -0.25) is 4.79 Å². The van der Waals surface area contributed by atoms with E-state index >= 15 is 0 Å². The molecule has 0 aromatic rings. The Morgan fingerprint density at radius 2 is 1.03 bits per heavy atom. The minimum Gasteiger partial charge on any atom is -0.394 e. The second-order valence-corrected chi connectivity index (χ2v) is 9.44. The Bertz CT molecular complexity index is 362. The number of hydrogen-bond acceptors (Lipinski definition) is 4. The molecule has 0 saturated carbocycles. The summed E-state index contributed by atoms with van der Waals surface area (Å²) in [5, 5.41) is 21.1. The summed E-state index contributed by atoms with van der Waals surface area (Å²) in [7, 11) is 0. The van der Waals surface area contributed by atoms with Crippen LogP contribution in [0.15, 0.2) is 0 Å². The van der Waals surface area contributed by atoms with E-state index in [1.807, 2.05) is 0 Å². The van der Waals surface area contributed by atoms with Crippen molar-refractivity contribution in [1.82, 2.24) is 5.32 Å². The topological polar surface area (TPSA) is 69.6 Å². The lowest BCUT2D eigenvalue weighted by atomic mass is 10.0. The molecule has 0 heterocycles. The molecule has 0 amide bonds. The zero-order valence-electron chi connectivity index (χ0n) is 20.9. The smallest absolute Gasteiger partial charge is 0.132 e. The van der Waals surface area contributed by atoms with Crippen molar-refractivity contribution >= 4 is 5.78 Å². The Kier molecular flexibility index (Phi) is 25.4. The van der Waals surface area contributed by atoms with Crippen molar-refractivity contribution in [1.29, 1.82) is 0 Å². The van der Waals surface area contributed by atoms with Crippen molar-refractivity contribution in [2.45, 2.75) is 148 Å². The van der Waals surface area contributed by atoms with Gasteiger partial charge in [-0.05, 0) is 25.8 Å². The highest BCUT2D eigenvalue weighted by Crippen LogP contribution is 2.14. The van der Waals surface area contributed by atoms with E-state index in [2.05, 4.69) is 12.2 Å². The molecule has 0 spiro atoms. The lowest BCUT2D eigenvalue weighted by molar-refractivity contribution is -0.119. The number of aliphatic hydroxyl groups is 2. The maximum absolute atomic E-state index is 12.0. The molecular weight excluding hydrogens is 386 g/mol. The van der Waals surface area contributed by atoms with E-state index in [1.165, 1.54) is 103 Å². The Labute approximate surface area is 194 Å². The van der Waals surface area contributed by atoms with Gasteiger partial charge in [0, 0.05) is 19.4 Å². The highest BCUT2D eigenvalue weighted by molar-refractivity contribution is 5.78. The van der Waals surface area contributed by atoms with Crippen LogP contribution in [0.2, 0.25) is 0 Å². The molecule has 0 radical (unpaired) electrons. The Morgan fingerprint density at radius 3 is 1.45 bits per heavy atom. The van der Waals surface area contributed by atoms with Crippen LogP contribution in [-0.4, -0.2) is 41.8 Å². The lowest BCUT2D eigenvalue weighted by Gasteiger charge is -2.08. The monoisotopic (exact) mass is 441 g/mol. The molecule has 0 aliphatic carbocycles.